The van der Waals surface area contributed by atoms with E-state index >= 15 is 0 Å². The van der Waals surface area contributed by atoms with Gasteiger partial charge in [-0.15, -0.1) is 0 Å². The molecule has 190 valence electrons. The number of carbonyl (C=O) groups is 2. The van der Waals surface area contributed by atoms with Gasteiger partial charge in [-0.3, -0.25) is 9.59 Å². The number of amides is 2. The summed E-state index contributed by atoms with van der Waals surface area (Å²) in [5, 5.41) is 7.58. The average Bonchev–Trinajstić information content (AvgIpc) is 3.56. The minimum absolute atomic E-state index is 0.00821. The standard InChI is InChI=1S/C27H35N7O2/c1-4-20-17-28-13-14-33(20)26(35)19-10-11-23(29-16-19)30-24-12-9-18-15-22(27(36)32(2)3)34(25(18)31-24)21-7-5-6-8-21/h9-12,15-16,20-21,28H,4-8,13-14,17H2,1-3H3,(H,29,30,31). The normalized spacial score (nSPS) is 18.5. The lowest BCUT2D eigenvalue weighted by Gasteiger charge is -2.35. The number of carbonyl (C=O) groups excluding carboxylic acids is 2. The molecule has 1 saturated carbocycles. The van der Waals surface area contributed by atoms with Crippen LogP contribution in [-0.4, -0.2) is 75.9 Å². The van der Waals surface area contributed by atoms with Gasteiger partial charge in [0.25, 0.3) is 11.8 Å². The van der Waals surface area contributed by atoms with Crippen molar-refractivity contribution < 1.29 is 9.59 Å². The number of fused-ring (bicyclic) bond motifs is 1. The summed E-state index contributed by atoms with van der Waals surface area (Å²) in [6.45, 7) is 4.46. The summed E-state index contributed by atoms with van der Waals surface area (Å²) in [6.07, 6.45) is 7.00. The highest BCUT2D eigenvalue weighted by Crippen LogP contribution is 2.35. The van der Waals surface area contributed by atoms with Crippen molar-refractivity contribution in [2.75, 3.05) is 39.0 Å². The zero-order chi connectivity index (χ0) is 25.2. The van der Waals surface area contributed by atoms with Crippen molar-refractivity contribution in [1.29, 1.82) is 0 Å². The largest absolute Gasteiger partial charge is 0.343 e. The van der Waals surface area contributed by atoms with Gasteiger partial charge in [0, 0.05) is 57.4 Å². The van der Waals surface area contributed by atoms with E-state index in [0.717, 1.165) is 43.4 Å². The van der Waals surface area contributed by atoms with E-state index in [-0.39, 0.29) is 23.9 Å². The summed E-state index contributed by atoms with van der Waals surface area (Å²) in [5.74, 6) is 1.29. The molecule has 2 amide bonds. The van der Waals surface area contributed by atoms with Gasteiger partial charge in [-0.05, 0) is 49.6 Å². The molecule has 2 aliphatic rings. The fourth-order valence-corrected chi connectivity index (χ4v) is 5.38. The number of hydrogen-bond donors (Lipinski definition) is 2. The Labute approximate surface area is 211 Å². The molecule has 0 bridgehead atoms. The molecule has 5 rings (SSSR count). The topological polar surface area (TPSA) is 95.4 Å². The quantitative estimate of drug-likeness (QED) is 0.547. The molecule has 1 saturated heterocycles. The van der Waals surface area contributed by atoms with Crippen molar-refractivity contribution in [3.63, 3.8) is 0 Å². The minimum atomic E-state index is -0.00821. The highest BCUT2D eigenvalue weighted by molar-refractivity contribution is 5.98. The third kappa shape index (κ3) is 4.67. The zero-order valence-electron chi connectivity index (χ0n) is 21.3. The minimum Gasteiger partial charge on any atom is -0.343 e. The van der Waals surface area contributed by atoms with Crippen LogP contribution < -0.4 is 10.6 Å². The summed E-state index contributed by atoms with van der Waals surface area (Å²) in [7, 11) is 3.56. The van der Waals surface area contributed by atoms with Gasteiger partial charge >= 0.3 is 0 Å². The number of anilines is 2. The van der Waals surface area contributed by atoms with E-state index in [1.807, 2.05) is 35.2 Å². The molecule has 2 N–H and O–H groups in total. The molecule has 4 heterocycles. The van der Waals surface area contributed by atoms with Gasteiger partial charge in [-0.2, -0.15) is 0 Å². The number of nitrogens with one attached hydrogen (secondary N) is 2. The molecule has 3 aromatic rings. The number of pyridine rings is 2. The molecule has 3 aromatic heterocycles. The summed E-state index contributed by atoms with van der Waals surface area (Å²) < 4.78 is 2.13. The van der Waals surface area contributed by atoms with Crippen LogP contribution in [0, 0.1) is 0 Å². The highest BCUT2D eigenvalue weighted by atomic mass is 16.2. The molecule has 1 aliphatic carbocycles. The SMILES string of the molecule is CCC1CNCCN1C(=O)c1ccc(Nc2ccc3cc(C(=O)N(C)C)n(C4CCCC4)c3n2)nc1. The van der Waals surface area contributed by atoms with Crippen LogP contribution in [0.15, 0.2) is 36.5 Å². The van der Waals surface area contributed by atoms with E-state index in [2.05, 4.69) is 27.1 Å². The van der Waals surface area contributed by atoms with E-state index < -0.39 is 0 Å². The van der Waals surface area contributed by atoms with Crippen LogP contribution in [0.2, 0.25) is 0 Å². The van der Waals surface area contributed by atoms with Crippen molar-refractivity contribution in [3.8, 4) is 0 Å². The maximum Gasteiger partial charge on any atom is 0.270 e. The molecule has 9 nitrogen and oxygen atoms in total. The monoisotopic (exact) mass is 489 g/mol. The van der Waals surface area contributed by atoms with E-state index in [0.29, 0.717) is 29.4 Å². The van der Waals surface area contributed by atoms with Crippen molar-refractivity contribution >= 4 is 34.5 Å². The van der Waals surface area contributed by atoms with Crippen LogP contribution >= 0.6 is 0 Å². The van der Waals surface area contributed by atoms with Gasteiger partial charge in [0.2, 0.25) is 0 Å². The van der Waals surface area contributed by atoms with E-state index in [9.17, 15) is 9.59 Å². The maximum absolute atomic E-state index is 13.0. The number of hydrogen-bond acceptors (Lipinski definition) is 6. The molecule has 0 radical (unpaired) electrons. The Morgan fingerprint density at radius 2 is 1.92 bits per heavy atom. The highest BCUT2D eigenvalue weighted by Gasteiger charge is 2.27. The van der Waals surface area contributed by atoms with Gasteiger partial charge in [0.1, 0.15) is 23.0 Å². The Balaban J connectivity index is 1.39. The fraction of sp³-hybridized carbons (Fsp3) is 0.481. The van der Waals surface area contributed by atoms with Crippen LogP contribution in [0.4, 0.5) is 11.6 Å². The predicted octanol–water partition coefficient (Wildman–Crippen LogP) is 3.82. The predicted molar refractivity (Wildman–Crippen MR) is 141 cm³/mol. The maximum atomic E-state index is 13.0. The number of aromatic nitrogens is 3. The Hall–Kier alpha value is -3.46. The van der Waals surface area contributed by atoms with Crippen molar-refractivity contribution in [2.24, 2.45) is 0 Å². The molecular formula is C27H35N7O2. The zero-order valence-corrected chi connectivity index (χ0v) is 21.3. The lowest BCUT2D eigenvalue weighted by atomic mass is 10.1. The molecular weight excluding hydrogens is 454 g/mol. The second-order valence-corrected chi connectivity index (χ2v) is 9.97. The molecule has 36 heavy (non-hydrogen) atoms. The van der Waals surface area contributed by atoms with Crippen molar-refractivity contribution in [1.82, 2.24) is 29.7 Å². The van der Waals surface area contributed by atoms with Gasteiger partial charge in [0.15, 0.2) is 0 Å². The van der Waals surface area contributed by atoms with Crippen LogP contribution in [-0.2, 0) is 0 Å². The summed E-state index contributed by atoms with van der Waals surface area (Å²) >= 11 is 0. The van der Waals surface area contributed by atoms with Crippen LogP contribution in [0.1, 0.15) is 65.9 Å². The second-order valence-electron chi connectivity index (χ2n) is 9.97. The fourth-order valence-electron chi connectivity index (χ4n) is 5.38. The molecule has 1 unspecified atom stereocenters. The lowest BCUT2D eigenvalue weighted by molar-refractivity contribution is 0.0630. The number of nitrogens with zero attached hydrogens (tertiary/aromatic N) is 5. The van der Waals surface area contributed by atoms with Gasteiger partial charge in [-0.25, -0.2) is 9.97 Å². The van der Waals surface area contributed by atoms with Crippen molar-refractivity contribution in [3.05, 3.63) is 47.8 Å². The molecule has 0 aromatic carbocycles. The molecule has 9 heteroatoms. The Morgan fingerprint density at radius 3 is 2.61 bits per heavy atom. The van der Waals surface area contributed by atoms with Crippen molar-refractivity contribution in [2.45, 2.75) is 51.1 Å². The third-order valence-corrected chi connectivity index (χ3v) is 7.35. The molecule has 1 atom stereocenters. The van der Waals surface area contributed by atoms with E-state index in [4.69, 9.17) is 4.98 Å². The summed E-state index contributed by atoms with van der Waals surface area (Å²) in [4.78, 5) is 38.9. The Bertz CT molecular complexity index is 1240. The van der Waals surface area contributed by atoms with Gasteiger partial charge < -0.3 is 25.0 Å². The van der Waals surface area contributed by atoms with E-state index in [1.54, 1.807) is 25.2 Å². The first-order valence-corrected chi connectivity index (χ1v) is 12.9. The third-order valence-electron chi connectivity index (χ3n) is 7.35. The van der Waals surface area contributed by atoms with Crippen LogP contribution in [0.5, 0.6) is 0 Å². The van der Waals surface area contributed by atoms with Gasteiger partial charge in [-0.1, -0.05) is 19.8 Å². The Kier molecular flexibility index (Phi) is 6.91. The summed E-state index contributed by atoms with van der Waals surface area (Å²) in [6, 6.07) is 9.98. The van der Waals surface area contributed by atoms with Crippen LogP contribution in [0.25, 0.3) is 11.0 Å². The Morgan fingerprint density at radius 1 is 1.14 bits per heavy atom. The van der Waals surface area contributed by atoms with Crippen LogP contribution in [0.3, 0.4) is 0 Å². The first-order valence-electron chi connectivity index (χ1n) is 12.9. The molecule has 2 fully saturated rings. The first kappa shape index (κ1) is 24.2. The second kappa shape index (κ2) is 10.3. The van der Waals surface area contributed by atoms with E-state index in [1.165, 1.54) is 12.8 Å². The lowest BCUT2D eigenvalue weighted by Crippen LogP contribution is -2.53. The number of piperazine rings is 1. The summed E-state index contributed by atoms with van der Waals surface area (Å²) in [5.41, 5.74) is 2.09. The smallest absolute Gasteiger partial charge is 0.270 e. The molecule has 0 spiro atoms. The van der Waals surface area contributed by atoms with Gasteiger partial charge in [0.05, 0.1) is 5.56 Å². The molecule has 1 aliphatic heterocycles. The first-order chi connectivity index (χ1) is 17.5. The average molecular weight is 490 g/mol. The number of rotatable bonds is 6.